The molecule has 0 fully saturated rings. The van der Waals surface area contributed by atoms with Crippen LogP contribution in [-0.2, 0) is 4.79 Å². The third kappa shape index (κ3) is 6.68. The molecule has 0 atom stereocenters. The van der Waals surface area contributed by atoms with Crippen molar-refractivity contribution in [3.63, 3.8) is 0 Å². The second-order valence-electron chi connectivity index (χ2n) is 7.26. The summed E-state index contributed by atoms with van der Waals surface area (Å²) in [5.74, 6) is -0.657. The zero-order valence-electron chi connectivity index (χ0n) is 19.1. The molecular weight excluding hydrogens is 444 g/mol. The maximum Gasteiger partial charge on any atom is 0.325 e. The van der Waals surface area contributed by atoms with E-state index in [9.17, 15) is 9.59 Å². The lowest BCUT2D eigenvalue weighted by molar-refractivity contribution is -0.111. The predicted molar refractivity (Wildman–Crippen MR) is 142 cm³/mol. The minimum Gasteiger partial charge on any atom is -0.388 e. The second-order valence-corrected chi connectivity index (χ2v) is 7.26. The topological polar surface area (TPSA) is 159 Å². The van der Waals surface area contributed by atoms with E-state index in [4.69, 9.17) is 11.5 Å². The summed E-state index contributed by atoms with van der Waals surface area (Å²) in [5, 5.41) is 12.4. The van der Waals surface area contributed by atoms with E-state index in [0.29, 0.717) is 17.1 Å². The first kappa shape index (κ1) is 24.5. The van der Waals surface area contributed by atoms with Crippen molar-refractivity contribution in [2.75, 3.05) is 17.7 Å². The normalized spacial score (nSPS) is 11.5. The molecule has 10 heteroatoms. The Balaban J connectivity index is 1.65. The molecule has 0 saturated heterocycles. The Morgan fingerprint density at radius 1 is 1.00 bits per heavy atom. The Morgan fingerprint density at radius 3 is 2.43 bits per heavy atom. The molecule has 35 heavy (non-hydrogen) atoms. The Bertz CT molecular complexity index is 1340. The van der Waals surface area contributed by atoms with Gasteiger partial charge in [0.2, 0.25) is 17.8 Å². The lowest BCUT2D eigenvalue weighted by Crippen LogP contribution is -2.40. The molecule has 3 aromatic rings. The van der Waals surface area contributed by atoms with Crippen LogP contribution in [0.15, 0.2) is 89.9 Å². The average Bonchev–Trinajstić information content (AvgIpc) is 2.83. The van der Waals surface area contributed by atoms with Crippen molar-refractivity contribution in [1.29, 1.82) is 0 Å². The lowest BCUT2D eigenvalue weighted by atomic mass is 10.1. The molecule has 8 N–H and O–H groups in total. The molecule has 3 amide bonds. The fourth-order valence-electron chi connectivity index (χ4n) is 3.12. The number of amides is 3. The minimum atomic E-state index is -0.607. The predicted octanol–water partition coefficient (Wildman–Crippen LogP) is 3.24. The summed E-state index contributed by atoms with van der Waals surface area (Å²) in [6, 6.07) is 17.2. The van der Waals surface area contributed by atoms with Gasteiger partial charge in [-0.15, -0.1) is 0 Å². The fourth-order valence-corrected chi connectivity index (χ4v) is 3.12. The standard InChI is InChI=1S/C25H26N8O2/c1-4-22(34)31-21-7-5-6-17-14-19(12-13-20(17)21)30-25(35)33-24(27)32-23(26)29-18-10-8-16(9-11-18)15(2)28-3/h4-14,28H,1-2H2,3H3,(H,31,34)(H6,26,27,29,30,32,33,35). The van der Waals surface area contributed by atoms with E-state index in [0.717, 1.165) is 22.0 Å². The van der Waals surface area contributed by atoms with Gasteiger partial charge in [-0.3, -0.25) is 10.1 Å². The number of urea groups is 1. The molecule has 0 unspecified atom stereocenters. The number of nitrogens with two attached hydrogens (primary N) is 2. The van der Waals surface area contributed by atoms with Gasteiger partial charge in [0.15, 0.2) is 0 Å². The van der Waals surface area contributed by atoms with Gasteiger partial charge in [0.1, 0.15) is 0 Å². The van der Waals surface area contributed by atoms with E-state index in [-0.39, 0.29) is 17.8 Å². The van der Waals surface area contributed by atoms with Gasteiger partial charge in [0, 0.05) is 29.5 Å². The van der Waals surface area contributed by atoms with Crippen LogP contribution in [0.3, 0.4) is 0 Å². The van der Waals surface area contributed by atoms with Gasteiger partial charge in [0.05, 0.1) is 5.69 Å². The molecule has 0 aliphatic rings. The van der Waals surface area contributed by atoms with Crippen molar-refractivity contribution >= 4 is 57.4 Å². The third-order valence-corrected chi connectivity index (χ3v) is 4.82. The molecule has 178 valence electrons. The molecule has 0 spiro atoms. The monoisotopic (exact) mass is 470 g/mol. The molecule has 0 saturated carbocycles. The summed E-state index contributed by atoms with van der Waals surface area (Å²) in [5.41, 5.74) is 15.0. The number of anilines is 2. The second kappa shape index (κ2) is 11.1. The molecule has 0 bridgehead atoms. The summed E-state index contributed by atoms with van der Waals surface area (Å²) in [7, 11) is 1.79. The Morgan fingerprint density at radius 2 is 1.74 bits per heavy atom. The number of nitrogens with one attached hydrogen (secondary N) is 4. The van der Waals surface area contributed by atoms with Gasteiger partial charge in [0.25, 0.3) is 0 Å². The van der Waals surface area contributed by atoms with Gasteiger partial charge in [-0.25, -0.2) is 9.79 Å². The fraction of sp³-hybridized carbons (Fsp3) is 0.0400. The first-order valence-corrected chi connectivity index (χ1v) is 10.5. The van der Waals surface area contributed by atoms with Crippen LogP contribution in [0.1, 0.15) is 5.56 Å². The van der Waals surface area contributed by atoms with Crippen LogP contribution in [0.25, 0.3) is 16.5 Å². The number of guanidine groups is 2. The van der Waals surface area contributed by atoms with Crippen molar-refractivity contribution in [2.45, 2.75) is 0 Å². The summed E-state index contributed by atoms with van der Waals surface area (Å²) in [4.78, 5) is 32.0. The zero-order valence-corrected chi connectivity index (χ0v) is 19.1. The highest BCUT2D eigenvalue weighted by molar-refractivity contribution is 6.08. The van der Waals surface area contributed by atoms with E-state index in [1.807, 2.05) is 18.2 Å². The quantitative estimate of drug-likeness (QED) is 0.185. The molecule has 0 aromatic heterocycles. The van der Waals surface area contributed by atoms with Crippen LogP contribution in [0.4, 0.5) is 21.9 Å². The van der Waals surface area contributed by atoms with E-state index >= 15 is 0 Å². The maximum absolute atomic E-state index is 12.3. The Hall–Kier alpha value is -5.12. The number of benzene rings is 3. The number of hydrogen-bond acceptors (Lipinski definition) is 4. The number of carbonyl (C=O) groups is 2. The van der Waals surface area contributed by atoms with Gasteiger partial charge < -0.3 is 27.4 Å². The zero-order chi connectivity index (χ0) is 25.4. The maximum atomic E-state index is 12.3. The Kier molecular flexibility index (Phi) is 7.81. The number of aliphatic imine (C=N–C) groups is 2. The highest BCUT2D eigenvalue weighted by atomic mass is 16.2. The van der Waals surface area contributed by atoms with Gasteiger partial charge >= 0.3 is 6.03 Å². The van der Waals surface area contributed by atoms with Crippen LogP contribution in [0.5, 0.6) is 0 Å². The van der Waals surface area contributed by atoms with E-state index in [2.05, 4.69) is 44.4 Å². The average molecular weight is 471 g/mol. The summed E-state index contributed by atoms with van der Waals surface area (Å²) in [6.07, 6.45) is 1.20. The van der Waals surface area contributed by atoms with Crippen LogP contribution in [-0.4, -0.2) is 30.9 Å². The van der Waals surface area contributed by atoms with E-state index in [1.165, 1.54) is 6.08 Å². The highest BCUT2D eigenvalue weighted by Crippen LogP contribution is 2.26. The van der Waals surface area contributed by atoms with E-state index < -0.39 is 6.03 Å². The van der Waals surface area contributed by atoms with Crippen molar-refractivity contribution in [1.82, 2.24) is 10.6 Å². The van der Waals surface area contributed by atoms with Crippen LogP contribution in [0.2, 0.25) is 0 Å². The van der Waals surface area contributed by atoms with Crippen molar-refractivity contribution in [2.24, 2.45) is 21.5 Å². The minimum absolute atomic E-state index is 0.122. The summed E-state index contributed by atoms with van der Waals surface area (Å²) in [6.45, 7) is 7.34. The molecule has 0 radical (unpaired) electrons. The van der Waals surface area contributed by atoms with Crippen molar-refractivity contribution in [3.05, 3.63) is 85.5 Å². The van der Waals surface area contributed by atoms with E-state index in [1.54, 1.807) is 49.5 Å². The number of carbonyl (C=O) groups excluding carboxylic acids is 2. The van der Waals surface area contributed by atoms with Crippen molar-refractivity contribution in [3.8, 4) is 0 Å². The first-order valence-electron chi connectivity index (χ1n) is 10.5. The van der Waals surface area contributed by atoms with Crippen molar-refractivity contribution < 1.29 is 9.59 Å². The largest absolute Gasteiger partial charge is 0.388 e. The number of nitrogens with zero attached hydrogens (tertiary/aromatic N) is 2. The molecule has 0 heterocycles. The van der Waals surface area contributed by atoms with Crippen LogP contribution >= 0.6 is 0 Å². The van der Waals surface area contributed by atoms with Crippen LogP contribution < -0.4 is 32.7 Å². The lowest BCUT2D eigenvalue weighted by Gasteiger charge is -2.10. The third-order valence-electron chi connectivity index (χ3n) is 4.82. The SMILES string of the molecule is C=CC(=O)Nc1cccc2cc(NC(=O)N/C(N)=N\C(N)=Nc3ccc(C(=C)NC)cc3)ccc12. The molecule has 3 rings (SSSR count). The number of rotatable bonds is 6. The number of fused-ring (bicyclic) bond motifs is 1. The van der Waals surface area contributed by atoms with Gasteiger partial charge in [-0.05, 0) is 47.4 Å². The Labute approximate surface area is 202 Å². The molecule has 10 nitrogen and oxygen atoms in total. The molecular formula is C25H26N8O2. The molecule has 0 aliphatic carbocycles. The van der Waals surface area contributed by atoms with Gasteiger partial charge in [-0.2, -0.15) is 4.99 Å². The van der Waals surface area contributed by atoms with Gasteiger partial charge in [-0.1, -0.05) is 43.5 Å². The summed E-state index contributed by atoms with van der Waals surface area (Å²) < 4.78 is 0. The molecule has 3 aromatic carbocycles. The molecule has 0 aliphatic heterocycles. The van der Waals surface area contributed by atoms with Crippen LogP contribution in [0, 0.1) is 0 Å². The first-order chi connectivity index (χ1) is 16.8. The smallest absolute Gasteiger partial charge is 0.325 e. The number of hydrogen-bond donors (Lipinski definition) is 6. The summed E-state index contributed by atoms with van der Waals surface area (Å²) >= 11 is 0. The highest BCUT2D eigenvalue weighted by Gasteiger charge is 2.08.